The minimum atomic E-state index is -0.274. The standard InChI is InChI=1S/C16H25FN2O/c1-11(9-10-18)15(20)19-14(16(2,3)4)12-5-7-13(17)8-6-12/h5-8,11,14H,9-10,18H2,1-4H3,(H,19,20). The predicted molar refractivity (Wildman–Crippen MR) is 79.6 cm³/mol. The van der Waals surface area contributed by atoms with Gasteiger partial charge in [-0.25, -0.2) is 4.39 Å². The zero-order valence-electron chi connectivity index (χ0n) is 12.7. The zero-order chi connectivity index (χ0) is 15.3. The van der Waals surface area contributed by atoms with Crippen molar-refractivity contribution < 1.29 is 9.18 Å². The van der Waals surface area contributed by atoms with E-state index in [-0.39, 0.29) is 29.1 Å². The fraction of sp³-hybridized carbons (Fsp3) is 0.562. The van der Waals surface area contributed by atoms with Crippen molar-refractivity contribution in [1.82, 2.24) is 5.32 Å². The average Bonchev–Trinajstić information content (AvgIpc) is 2.36. The number of nitrogens with two attached hydrogens (primary N) is 1. The van der Waals surface area contributed by atoms with Crippen LogP contribution in [0, 0.1) is 17.2 Å². The van der Waals surface area contributed by atoms with Gasteiger partial charge in [-0.2, -0.15) is 0 Å². The molecule has 112 valence electrons. The minimum Gasteiger partial charge on any atom is -0.349 e. The van der Waals surface area contributed by atoms with Crippen molar-refractivity contribution >= 4 is 5.91 Å². The number of halogens is 1. The number of nitrogens with one attached hydrogen (secondary N) is 1. The number of carbonyl (C=O) groups excluding carboxylic acids is 1. The van der Waals surface area contributed by atoms with Crippen LogP contribution in [0.2, 0.25) is 0 Å². The molecule has 1 amide bonds. The van der Waals surface area contributed by atoms with Crippen molar-refractivity contribution in [2.75, 3.05) is 6.54 Å². The molecule has 1 rings (SSSR count). The molecule has 1 aromatic rings. The first kappa shape index (κ1) is 16.6. The fourth-order valence-electron chi connectivity index (χ4n) is 2.12. The Morgan fingerprint density at radius 1 is 1.30 bits per heavy atom. The zero-order valence-corrected chi connectivity index (χ0v) is 12.7. The van der Waals surface area contributed by atoms with Gasteiger partial charge in [0.25, 0.3) is 0 Å². The molecular formula is C16H25FN2O. The molecule has 0 aliphatic rings. The van der Waals surface area contributed by atoms with Gasteiger partial charge < -0.3 is 11.1 Å². The summed E-state index contributed by atoms with van der Waals surface area (Å²) in [7, 11) is 0. The molecule has 4 heteroatoms. The Labute approximate surface area is 120 Å². The summed E-state index contributed by atoms with van der Waals surface area (Å²) in [6, 6.07) is 6.13. The third-order valence-corrected chi connectivity index (χ3v) is 3.40. The lowest BCUT2D eigenvalue weighted by molar-refractivity contribution is -0.126. The molecule has 0 saturated carbocycles. The lowest BCUT2D eigenvalue weighted by Gasteiger charge is -2.33. The van der Waals surface area contributed by atoms with Crippen LogP contribution < -0.4 is 11.1 Å². The van der Waals surface area contributed by atoms with Gasteiger partial charge in [-0.3, -0.25) is 4.79 Å². The topological polar surface area (TPSA) is 55.1 Å². The smallest absolute Gasteiger partial charge is 0.223 e. The predicted octanol–water partition coefficient (Wildman–Crippen LogP) is 3.01. The van der Waals surface area contributed by atoms with Gasteiger partial charge >= 0.3 is 0 Å². The van der Waals surface area contributed by atoms with E-state index < -0.39 is 0 Å². The normalized spacial score (nSPS) is 14.7. The van der Waals surface area contributed by atoms with Crippen molar-refractivity contribution in [3.8, 4) is 0 Å². The number of amides is 1. The molecule has 0 aliphatic heterocycles. The van der Waals surface area contributed by atoms with Crippen LogP contribution in [0.25, 0.3) is 0 Å². The van der Waals surface area contributed by atoms with Crippen LogP contribution in [0.1, 0.15) is 45.7 Å². The minimum absolute atomic E-state index is 0.0142. The Morgan fingerprint density at radius 2 is 1.85 bits per heavy atom. The van der Waals surface area contributed by atoms with E-state index in [0.717, 1.165) is 5.56 Å². The summed E-state index contributed by atoms with van der Waals surface area (Å²) in [4.78, 5) is 12.2. The van der Waals surface area contributed by atoms with Crippen LogP contribution in [0.15, 0.2) is 24.3 Å². The summed E-state index contributed by atoms with van der Waals surface area (Å²) >= 11 is 0. The molecule has 0 aromatic heterocycles. The van der Waals surface area contributed by atoms with Gasteiger partial charge in [-0.15, -0.1) is 0 Å². The molecule has 0 heterocycles. The number of carbonyl (C=O) groups is 1. The maximum Gasteiger partial charge on any atom is 0.223 e. The molecule has 0 radical (unpaired) electrons. The second-order valence-corrected chi connectivity index (χ2v) is 6.34. The summed E-state index contributed by atoms with van der Waals surface area (Å²) < 4.78 is 13.0. The van der Waals surface area contributed by atoms with E-state index in [1.54, 1.807) is 12.1 Å². The average molecular weight is 280 g/mol. The van der Waals surface area contributed by atoms with Gasteiger partial charge in [0.1, 0.15) is 5.82 Å². The summed E-state index contributed by atoms with van der Waals surface area (Å²) in [5, 5.41) is 3.06. The van der Waals surface area contributed by atoms with Crippen LogP contribution in [0.3, 0.4) is 0 Å². The Balaban J connectivity index is 2.91. The fourth-order valence-corrected chi connectivity index (χ4v) is 2.12. The summed E-state index contributed by atoms with van der Waals surface area (Å²) in [5.74, 6) is -0.408. The van der Waals surface area contributed by atoms with Crippen LogP contribution >= 0.6 is 0 Å². The maximum atomic E-state index is 13.0. The van der Waals surface area contributed by atoms with Crippen LogP contribution in [0.4, 0.5) is 4.39 Å². The van der Waals surface area contributed by atoms with E-state index in [0.29, 0.717) is 13.0 Å². The summed E-state index contributed by atoms with van der Waals surface area (Å²) in [5.41, 5.74) is 6.24. The highest BCUT2D eigenvalue weighted by atomic mass is 19.1. The number of hydrogen-bond acceptors (Lipinski definition) is 2. The van der Waals surface area contributed by atoms with Crippen molar-refractivity contribution in [1.29, 1.82) is 0 Å². The highest BCUT2D eigenvalue weighted by Gasteiger charge is 2.29. The molecule has 2 unspecified atom stereocenters. The van der Waals surface area contributed by atoms with E-state index in [1.165, 1.54) is 12.1 Å². The SMILES string of the molecule is CC(CCN)C(=O)NC(c1ccc(F)cc1)C(C)(C)C. The molecule has 0 spiro atoms. The Kier molecular flexibility index (Phi) is 5.69. The van der Waals surface area contributed by atoms with Crippen molar-refractivity contribution in [2.24, 2.45) is 17.1 Å². The molecule has 0 aliphatic carbocycles. The maximum absolute atomic E-state index is 13.0. The van der Waals surface area contributed by atoms with Gasteiger partial charge in [-0.05, 0) is 36.1 Å². The van der Waals surface area contributed by atoms with Gasteiger partial charge in [-0.1, -0.05) is 39.8 Å². The third-order valence-electron chi connectivity index (χ3n) is 3.40. The molecule has 2 atom stereocenters. The Morgan fingerprint density at radius 3 is 2.30 bits per heavy atom. The van der Waals surface area contributed by atoms with Gasteiger partial charge in [0.2, 0.25) is 5.91 Å². The molecule has 0 fully saturated rings. The second kappa shape index (κ2) is 6.84. The Bertz CT molecular complexity index is 437. The Hall–Kier alpha value is -1.42. The number of hydrogen-bond donors (Lipinski definition) is 2. The summed E-state index contributed by atoms with van der Waals surface area (Å²) in [6.45, 7) is 8.51. The largest absolute Gasteiger partial charge is 0.349 e. The molecule has 0 saturated heterocycles. The highest BCUT2D eigenvalue weighted by molar-refractivity contribution is 5.78. The van der Waals surface area contributed by atoms with Crippen molar-refractivity contribution in [3.05, 3.63) is 35.6 Å². The van der Waals surface area contributed by atoms with Crippen LogP contribution in [0.5, 0.6) is 0 Å². The number of benzene rings is 1. The van der Waals surface area contributed by atoms with E-state index in [9.17, 15) is 9.18 Å². The van der Waals surface area contributed by atoms with E-state index in [4.69, 9.17) is 5.73 Å². The highest BCUT2D eigenvalue weighted by Crippen LogP contribution is 2.33. The first-order chi connectivity index (χ1) is 9.25. The van der Waals surface area contributed by atoms with E-state index >= 15 is 0 Å². The van der Waals surface area contributed by atoms with Gasteiger partial charge in [0.05, 0.1) is 6.04 Å². The van der Waals surface area contributed by atoms with E-state index in [1.807, 2.05) is 6.92 Å². The molecule has 0 bridgehead atoms. The summed E-state index contributed by atoms with van der Waals surface area (Å²) in [6.07, 6.45) is 0.659. The monoisotopic (exact) mass is 280 g/mol. The second-order valence-electron chi connectivity index (χ2n) is 6.34. The van der Waals surface area contributed by atoms with Crippen LogP contribution in [-0.2, 0) is 4.79 Å². The van der Waals surface area contributed by atoms with E-state index in [2.05, 4.69) is 26.1 Å². The van der Waals surface area contributed by atoms with Gasteiger partial charge in [0.15, 0.2) is 0 Å². The first-order valence-corrected chi connectivity index (χ1v) is 7.01. The lowest BCUT2D eigenvalue weighted by atomic mass is 9.82. The quantitative estimate of drug-likeness (QED) is 0.871. The first-order valence-electron chi connectivity index (χ1n) is 7.01. The molecular weight excluding hydrogens is 255 g/mol. The lowest BCUT2D eigenvalue weighted by Crippen LogP contribution is -2.39. The molecule has 3 N–H and O–H groups in total. The number of rotatable bonds is 5. The van der Waals surface area contributed by atoms with Gasteiger partial charge in [0, 0.05) is 5.92 Å². The van der Waals surface area contributed by atoms with Crippen LogP contribution in [-0.4, -0.2) is 12.5 Å². The third kappa shape index (κ3) is 4.60. The molecule has 20 heavy (non-hydrogen) atoms. The van der Waals surface area contributed by atoms with Crippen molar-refractivity contribution in [2.45, 2.75) is 40.2 Å². The van der Waals surface area contributed by atoms with Crippen molar-refractivity contribution in [3.63, 3.8) is 0 Å². The molecule has 3 nitrogen and oxygen atoms in total. The molecule has 1 aromatic carbocycles.